The lowest BCUT2D eigenvalue weighted by atomic mass is 10.2. The smallest absolute Gasteiger partial charge is 0.361 e. The summed E-state index contributed by atoms with van der Waals surface area (Å²) in [6.07, 6.45) is -2.03. The lowest BCUT2D eigenvalue weighted by Crippen LogP contribution is -2.22. The minimum absolute atomic E-state index is 0.249. The zero-order valence-electron chi connectivity index (χ0n) is 13.0. The van der Waals surface area contributed by atoms with Crippen LogP contribution < -0.4 is 0 Å². The summed E-state index contributed by atoms with van der Waals surface area (Å²) >= 11 is 7.91. The van der Waals surface area contributed by atoms with Crippen molar-refractivity contribution < 1.29 is 17.9 Å². The zero-order valence-corrected chi connectivity index (χ0v) is 16.9. The number of halogens is 5. The molecule has 2 rings (SSSR count). The van der Waals surface area contributed by atoms with Crippen LogP contribution in [-0.4, -0.2) is 24.2 Å². The SMILES string of the molecule is C[Si](C)(C)CCOCn1cc(I)c2c(Cl)c(C(F)(F)F)cnc21. The summed E-state index contributed by atoms with van der Waals surface area (Å²) in [6, 6.07) is 1.02. The van der Waals surface area contributed by atoms with Crippen LogP contribution >= 0.6 is 34.2 Å². The third kappa shape index (κ3) is 4.61. The van der Waals surface area contributed by atoms with Crippen LogP contribution in [0.2, 0.25) is 30.7 Å². The molecule has 0 amide bonds. The molecule has 2 aromatic heterocycles. The molecule has 2 heterocycles. The van der Waals surface area contributed by atoms with Gasteiger partial charge in [0, 0.05) is 30.6 Å². The van der Waals surface area contributed by atoms with Crippen molar-refractivity contribution in [3.8, 4) is 0 Å². The maximum atomic E-state index is 12.9. The van der Waals surface area contributed by atoms with E-state index in [-0.39, 0.29) is 11.8 Å². The van der Waals surface area contributed by atoms with Gasteiger partial charge in [-0.25, -0.2) is 4.98 Å². The van der Waals surface area contributed by atoms with Crippen LogP contribution in [0.3, 0.4) is 0 Å². The molecule has 0 unspecified atom stereocenters. The minimum atomic E-state index is -4.52. The van der Waals surface area contributed by atoms with Gasteiger partial charge in [-0.3, -0.25) is 0 Å². The van der Waals surface area contributed by atoms with E-state index in [1.165, 1.54) is 0 Å². The second-order valence-corrected chi connectivity index (χ2v) is 13.6. The average molecular weight is 477 g/mol. The monoisotopic (exact) mass is 476 g/mol. The third-order valence-electron chi connectivity index (χ3n) is 3.31. The molecule has 0 aliphatic rings. The first-order valence-corrected chi connectivity index (χ1v) is 12.1. The highest BCUT2D eigenvalue weighted by molar-refractivity contribution is 14.1. The largest absolute Gasteiger partial charge is 0.419 e. The first-order chi connectivity index (χ1) is 10.5. The number of nitrogens with zero attached hydrogens (tertiary/aromatic N) is 2. The summed E-state index contributed by atoms with van der Waals surface area (Å²) in [6.45, 7) is 7.64. The van der Waals surface area contributed by atoms with E-state index in [1.807, 2.05) is 22.6 Å². The van der Waals surface area contributed by atoms with Gasteiger partial charge in [0.05, 0.1) is 16.0 Å². The van der Waals surface area contributed by atoms with Gasteiger partial charge in [0.25, 0.3) is 0 Å². The van der Waals surface area contributed by atoms with Crippen LogP contribution in [0.1, 0.15) is 5.56 Å². The molecule has 0 N–H and O–H groups in total. The summed E-state index contributed by atoms with van der Waals surface area (Å²) in [5.41, 5.74) is -0.512. The van der Waals surface area contributed by atoms with Crippen molar-refractivity contribution in [2.75, 3.05) is 6.61 Å². The van der Waals surface area contributed by atoms with Gasteiger partial charge >= 0.3 is 6.18 Å². The molecule has 0 aliphatic carbocycles. The zero-order chi connectivity index (χ0) is 17.4. The second kappa shape index (κ2) is 6.89. The van der Waals surface area contributed by atoms with Crippen LogP contribution in [0.25, 0.3) is 11.0 Å². The molecule has 0 aliphatic heterocycles. The van der Waals surface area contributed by atoms with Gasteiger partial charge in [0.2, 0.25) is 0 Å². The van der Waals surface area contributed by atoms with Crippen molar-refractivity contribution >= 4 is 53.3 Å². The lowest BCUT2D eigenvalue weighted by Gasteiger charge is -2.15. The predicted molar refractivity (Wildman–Crippen MR) is 96.6 cm³/mol. The maximum Gasteiger partial charge on any atom is 0.419 e. The highest BCUT2D eigenvalue weighted by Gasteiger charge is 2.35. The fourth-order valence-corrected chi connectivity index (χ4v) is 4.11. The van der Waals surface area contributed by atoms with E-state index in [0.717, 1.165) is 12.2 Å². The molecule has 0 radical (unpaired) electrons. The van der Waals surface area contributed by atoms with E-state index in [1.54, 1.807) is 10.8 Å². The molecule has 2 aromatic rings. The number of fused-ring (bicyclic) bond motifs is 1. The molecule has 23 heavy (non-hydrogen) atoms. The van der Waals surface area contributed by atoms with E-state index in [4.69, 9.17) is 16.3 Å². The Bertz CT molecular complexity index is 713. The van der Waals surface area contributed by atoms with Crippen molar-refractivity contribution in [2.45, 2.75) is 38.6 Å². The van der Waals surface area contributed by atoms with Crippen LogP contribution in [0.15, 0.2) is 12.4 Å². The standard InChI is InChI=1S/C14H17ClF3IN2OSi/c1-23(2,3)5-4-22-8-21-7-10(19)11-12(15)9(14(16,17)18)6-20-13(11)21/h6-7H,4-5,8H2,1-3H3. The average Bonchev–Trinajstić information content (AvgIpc) is 2.70. The van der Waals surface area contributed by atoms with Crippen molar-refractivity contribution in [3.05, 3.63) is 26.5 Å². The van der Waals surface area contributed by atoms with E-state index >= 15 is 0 Å². The fourth-order valence-electron chi connectivity index (χ4n) is 2.01. The Morgan fingerprint density at radius 3 is 2.57 bits per heavy atom. The summed E-state index contributed by atoms with van der Waals surface area (Å²) in [5.74, 6) is 0. The Balaban J connectivity index is 2.25. The van der Waals surface area contributed by atoms with Gasteiger partial charge in [0.15, 0.2) is 0 Å². The summed E-state index contributed by atoms with van der Waals surface area (Å²) in [4.78, 5) is 3.94. The van der Waals surface area contributed by atoms with Crippen LogP contribution in [0, 0.1) is 3.57 Å². The summed E-state index contributed by atoms with van der Waals surface area (Å²) in [7, 11) is -1.18. The molecule has 9 heteroatoms. The number of rotatable bonds is 5. The van der Waals surface area contributed by atoms with Crippen molar-refractivity contribution in [1.29, 1.82) is 0 Å². The molecular formula is C14H17ClF3IN2OSi. The van der Waals surface area contributed by atoms with Crippen molar-refractivity contribution in [3.63, 3.8) is 0 Å². The number of pyridine rings is 1. The predicted octanol–water partition coefficient (Wildman–Crippen LogP) is 5.63. The van der Waals surface area contributed by atoms with Crippen molar-refractivity contribution in [1.82, 2.24) is 9.55 Å². The highest BCUT2D eigenvalue weighted by atomic mass is 127. The summed E-state index contributed by atoms with van der Waals surface area (Å²) < 4.78 is 46.7. The molecule has 128 valence electrons. The van der Waals surface area contributed by atoms with Gasteiger partial charge in [-0.15, -0.1) is 0 Å². The normalized spacial score (nSPS) is 13.0. The van der Waals surface area contributed by atoms with Crippen LogP contribution in [-0.2, 0) is 17.6 Å². The van der Waals surface area contributed by atoms with Gasteiger partial charge in [-0.1, -0.05) is 31.2 Å². The number of hydrogen-bond acceptors (Lipinski definition) is 2. The first-order valence-electron chi connectivity index (χ1n) is 6.98. The Morgan fingerprint density at radius 2 is 2.00 bits per heavy atom. The molecule has 0 saturated carbocycles. The molecular weight excluding hydrogens is 460 g/mol. The Labute approximate surface area is 152 Å². The second-order valence-electron chi connectivity index (χ2n) is 6.48. The molecule has 0 atom stereocenters. The fraction of sp³-hybridized carbons (Fsp3) is 0.500. The lowest BCUT2D eigenvalue weighted by molar-refractivity contribution is -0.137. The topological polar surface area (TPSA) is 27.1 Å². The number of aromatic nitrogens is 2. The van der Waals surface area contributed by atoms with Gasteiger partial charge in [-0.05, 0) is 28.6 Å². The Hall–Kier alpha value is -0.323. The van der Waals surface area contributed by atoms with Gasteiger partial charge in [0.1, 0.15) is 12.4 Å². The molecule has 0 bridgehead atoms. The van der Waals surface area contributed by atoms with Gasteiger partial charge in [-0.2, -0.15) is 13.2 Å². The maximum absolute atomic E-state index is 12.9. The molecule has 0 aromatic carbocycles. The minimum Gasteiger partial charge on any atom is -0.361 e. The van der Waals surface area contributed by atoms with E-state index in [2.05, 4.69) is 24.6 Å². The Morgan fingerprint density at radius 1 is 1.35 bits per heavy atom. The number of ether oxygens (including phenoxy) is 1. The first kappa shape index (κ1) is 19.0. The highest BCUT2D eigenvalue weighted by Crippen LogP contribution is 2.39. The van der Waals surface area contributed by atoms with Gasteiger partial charge < -0.3 is 9.30 Å². The van der Waals surface area contributed by atoms with Crippen LogP contribution in [0.5, 0.6) is 0 Å². The van der Waals surface area contributed by atoms with E-state index in [0.29, 0.717) is 21.2 Å². The number of alkyl halides is 3. The molecule has 3 nitrogen and oxygen atoms in total. The third-order valence-corrected chi connectivity index (χ3v) is 6.22. The molecule has 0 fully saturated rings. The molecule has 0 spiro atoms. The number of hydrogen-bond donors (Lipinski definition) is 0. The quantitative estimate of drug-likeness (QED) is 0.318. The van der Waals surface area contributed by atoms with E-state index in [9.17, 15) is 13.2 Å². The van der Waals surface area contributed by atoms with Crippen molar-refractivity contribution in [2.24, 2.45) is 0 Å². The van der Waals surface area contributed by atoms with Crippen LogP contribution in [0.4, 0.5) is 13.2 Å². The molecule has 0 saturated heterocycles. The van der Waals surface area contributed by atoms with E-state index < -0.39 is 19.8 Å². The summed E-state index contributed by atoms with van der Waals surface area (Å²) in [5, 5.41) is 0.00337. The Kier molecular flexibility index (Phi) is 5.69.